The summed E-state index contributed by atoms with van der Waals surface area (Å²) in [6.07, 6.45) is 4.91. The summed E-state index contributed by atoms with van der Waals surface area (Å²) in [5.74, 6) is 0.774. The van der Waals surface area contributed by atoms with Gasteiger partial charge in [-0.25, -0.2) is 4.98 Å². The second kappa shape index (κ2) is 6.64. The first kappa shape index (κ1) is 15.9. The Morgan fingerprint density at radius 2 is 2.09 bits per heavy atom. The number of hydrogen-bond donors (Lipinski definition) is 4. The van der Waals surface area contributed by atoms with Gasteiger partial charge in [-0.05, 0) is 39.8 Å². The molecule has 0 atom stereocenters. The van der Waals surface area contributed by atoms with Crippen molar-refractivity contribution in [3.63, 3.8) is 0 Å². The molecule has 3 rings (SSSR count). The van der Waals surface area contributed by atoms with Crippen LogP contribution in [0.15, 0.2) is 17.6 Å². The summed E-state index contributed by atoms with van der Waals surface area (Å²) in [7, 11) is 0. The molecule has 6 nitrogen and oxygen atoms in total. The first-order chi connectivity index (χ1) is 11.1. The van der Waals surface area contributed by atoms with Gasteiger partial charge in [0.05, 0.1) is 11.3 Å². The molecule has 1 aromatic heterocycles. The average Bonchev–Trinajstić information content (AvgIpc) is 2.87. The Balaban J connectivity index is 1.93. The first-order valence-electron chi connectivity index (χ1n) is 7.78. The zero-order chi connectivity index (χ0) is 16.4. The van der Waals surface area contributed by atoms with Crippen LogP contribution in [0, 0.1) is 25.2 Å². The maximum atomic E-state index is 12.1. The van der Waals surface area contributed by atoms with E-state index in [2.05, 4.69) is 20.9 Å². The molecule has 0 radical (unpaired) electrons. The highest BCUT2D eigenvalue weighted by Gasteiger charge is 2.25. The van der Waals surface area contributed by atoms with E-state index >= 15 is 0 Å². The fourth-order valence-electron chi connectivity index (χ4n) is 2.83. The molecule has 0 aromatic carbocycles. The van der Waals surface area contributed by atoms with Crippen molar-refractivity contribution in [1.29, 1.82) is 5.41 Å². The van der Waals surface area contributed by atoms with E-state index in [0.29, 0.717) is 17.3 Å². The molecule has 2 aliphatic heterocycles. The molecule has 0 bridgehead atoms. The number of thiazole rings is 1. The molecule has 2 aliphatic rings. The smallest absolute Gasteiger partial charge is 0.251 e. The third-order valence-corrected chi connectivity index (χ3v) is 5.36. The number of carbonyl (C=O) groups excluding carboxylic acids is 1. The SMILES string of the molecule is Cc1nc(/C(C=N)=C2\NC(=O)C=C(C3CCNCC3)N2)sc1C. The van der Waals surface area contributed by atoms with Gasteiger partial charge in [-0.2, -0.15) is 0 Å². The van der Waals surface area contributed by atoms with Gasteiger partial charge in [-0.3, -0.25) is 4.79 Å². The van der Waals surface area contributed by atoms with Crippen molar-refractivity contribution in [2.75, 3.05) is 13.1 Å². The normalized spacial score (nSPS) is 21.3. The zero-order valence-electron chi connectivity index (χ0n) is 13.3. The Kier molecular flexibility index (Phi) is 4.58. The molecule has 1 saturated heterocycles. The number of carbonyl (C=O) groups is 1. The lowest BCUT2D eigenvalue weighted by atomic mass is 9.93. The van der Waals surface area contributed by atoms with Crippen LogP contribution in [0.2, 0.25) is 0 Å². The van der Waals surface area contributed by atoms with Crippen LogP contribution in [-0.2, 0) is 4.79 Å². The van der Waals surface area contributed by atoms with Gasteiger partial charge in [0.2, 0.25) is 0 Å². The molecular weight excluding hydrogens is 310 g/mol. The minimum atomic E-state index is -0.142. The van der Waals surface area contributed by atoms with E-state index in [1.54, 1.807) is 6.08 Å². The van der Waals surface area contributed by atoms with E-state index < -0.39 is 0 Å². The first-order valence-corrected chi connectivity index (χ1v) is 8.59. The van der Waals surface area contributed by atoms with Gasteiger partial charge in [0.15, 0.2) is 0 Å². The fourth-order valence-corrected chi connectivity index (χ4v) is 3.77. The number of nitrogens with zero attached hydrogens (tertiary/aromatic N) is 1. The molecule has 0 unspecified atom stereocenters. The Morgan fingerprint density at radius 1 is 1.35 bits per heavy atom. The van der Waals surface area contributed by atoms with Crippen LogP contribution in [0.3, 0.4) is 0 Å². The quantitative estimate of drug-likeness (QED) is 0.635. The number of allylic oxidation sites excluding steroid dienone is 2. The minimum absolute atomic E-state index is 0.142. The van der Waals surface area contributed by atoms with Gasteiger partial charge < -0.3 is 21.4 Å². The highest BCUT2D eigenvalue weighted by molar-refractivity contribution is 7.13. The lowest BCUT2D eigenvalue weighted by Gasteiger charge is -2.29. The van der Waals surface area contributed by atoms with Crippen LogP contribution in [0.1, 0.15) is 28.4 Å². The number of aromatic nitrogens is 1. The molecule has 3 heterocycles. The Labute approximate surface area is 139 Å². The Morgan fingerprint density at radius 3 is 2.70 bits per heavy atom. The topological polar surface area (TPSA) is 89.9 Å². The molecule has 0 saturated carbocycles. The second-order valence-electron chi connectivity index (χ2n) is 5.83. The summed E-state index contributed by atoms with van der Waals surface area (Å²) in [5.41, 5.74) is 2.52. The number of amides is 1. The van der Waals surface area contributed by atoms with Crippen molar-refractivity contribution in [3.8, 4) is 0 Å². The van der Waals surface area contributed by atoms with E-state index in [9.17, 15) is 4.79 Å². The minimum Gasteiger partial charge on any atom is -0.344 e. The van der Waals surface area contributed by atoms with Gasteiger partial charge >= 0.3 is 0 Å². The summed E-state index contributed by atoms with van der Waals surface area (Å²) in [6.45, 7) is 5.89. The molecule has 1 amide bonds. The molecule has 0 aliphatic carbocycles. The summed E-state index contributed by atoms with van der Waals surface area (Å²) in [5, 5.41) is 18.0. The molecule has 7 heteroatoms. The van der Waals surface area contributed by atoms with E-state index in [4.69, 9.17) is 5.41 Å². The largest absolute Gasteiger partial charge is 0.344 e. The summed E-state index contributed by atoms with van der Waals surface area (Å²) < 4.78 is 0. The number of rotatable bonds is 3. The third kappa shape index (κ3) is 3.35. The van der Waals surface area contributed by atoms with Gasteiger partial charge in [-0.1, -0.05) is 0 Å². The summed E-state index contributed by atoms with van der Waals surface area (Å²) >= 11 is 1.54. The third-order valence-electron chi connectivity index (χ3n) is 4.26. The summed E-state index contributed by atoms with van der Waals surface area (Å²) in [4.78, 5) is 17.7. The summed E-state index contributed by atoms with van der Waals surface area (Å²) in [6, 6.07) is 0. The van der Waals surface area contributed by atoms with Crippen molar-refractivity contribution >= 4 is 29.0 Å². The van der Waals surface area contributed by atoms with Crippen molar-refractivity contribution < 1.29 is 4.79 Å². The highest BCUT2D eigenvalue weighted by Crippen LogP contribution is 2.27. The average molecular weight is 331 g/mol. The molecular formula is C16H21N5OS. The number of aryl methyl sites for hydroxylation is 2. The Hall–Kier alpha value is -1.99. The number of hydrogen-bond acceptors (Lipinski definition) is 6. The van der Waals surface area contributed by atoms with Crippen molar-refractivity contribution in [2.24, 2.45) is 5.92 Å². The molecule has 1 fully saturated rings. The monoisotopic (exact) mass is 331 g/mol. The van der Waals surface area contributed by atoms with Gasteiger partial charge in [0, 0.05) is 28.8 Å². The van der Waals surface area contributed by atoms with E-state index in [0.717, 1.165) is 47.2 Å². The van der Waals surface area contributed by atoms with Gasteiger partial charge in [0.1, 0.15) is 10.8 Å². The maximum absolute atomic E-state index is 12.1. The predicted molar refractivity (Wildman–Crippen MR) is 92.2 cm³/mol. The molecule has 23 heavy (non-hydrogen) atoms. The van der Waals surface area contributed by atoms with Crippen LogP contribution in [0.4, 0.5) is 0 Å². The maximum Gasteiger partial charge on any atom is 0.251 e. The number of nitrogens with one attached hydrogen (secondary N) is 4. The highest BCUT2D eigenvalue weighted by atomic mass is 32.1. The van der Waals surface area contributed by atoms with Crippen LogP contribution in [0.5, 0.6) is 0 Å². The molecule has 0 spiro atoms. The lowest BCUT2D eigenvalue weighted by molar-refractivity contribution is -0.116. The van der Waals surface area contributed by atoms with Crippen molar-refractivity contribution in [1.82, 2.24) is 20.9 Å². The van der Waals surface area contributed by atoms with E-state index in [1.165, 1.54) is 17.6 Å². The predicted octanol–water partition coefficient (Wildman–Crippen LogP) is 1.68. The van der Waals surface area contributed by atoms with Crippen LogP contribution in [0.25, 0.3) is 5.57 Å². The second-order valence-corrected chi connectivity index (χ2v) is 7.04. The molecule has 122 valence electrons. The molecule has 1 aromatic rings. The van der Waals surface area contributed by atoms with Crippen LogP contribution < -0.4 is 16.0 Å². The van der Waals surface area contributed by atoms with Crippen LogP contribution in [-0.4, -0.2) is 30.2 Å². The van der Waals surface area contributed by atoms with Crippen molar-refractivity contribution in [3.05, 3.63) is 33.2 Å². The molecule has 4 N–H and O–H groups in total. The van der Waals surface area contributed by atoms with Crippen molar-refractivity contribution in [2.45, 2.75) is 26.7 Å². The Bertz CT molecular complexity index is 678. The van der Waals surface area contributed by atoms with Gasteiger partial charge in [-0.15, -0.1) is 11.3 Å². The zero-order valence-corrected chi connectivity index (χ0v) is 14.1. The van der Waals surface area contributed by atoms with E-state index in [-0.39, 0.29) is 5.91 Å². The van der Waals surface area contributed by atoms with Crippen LogP contribution >= 0.6 is 11.3 Å². The number of piperidine rings is 1. The lowest BCUT2D eigenvalue weighted by Crippen LogP contribution is -2.41. The fraction of sp³-hybridized carbons (Fsp3) is 0.438. The van der Waals surface area contributed by atoms with E-state index in [1.807, 2.05) is 13.8 Å². The standard InChI is InChI=1S/C16H21N5OS/c1-9-10(2)23-16(19-9)12(8-17)15-20-13(7-14(22)21-15)11-3-5-18-6-4-11/h7-8,11,17-18,20H,3-6H2,1-2H3,(H,21,22)/b15-12-,17-8?. The van der Waals surface area contributed by atoms with Gasteiger partial charge in [0.25, 0.3) is 5.91 Å².